The number of amides is 1. The van der Waals surface area contributed by atoms with Gasteiger partial charge in [-0.15, -0.1) is 11.3 Å². The number of thiazole rings is 1. The maximum absolute atomic E-state index is 16.0. The highest BCUT2D eigenvalue weighted by Gasteiger charge is 2.33. The monoisotopic (exact) mass is 646 g/mol. The number of nitrogens with one attached hydrogen (secondary N) is 2. The number of methoxy groups -OCH3 is 1. The van der Waals surface area contributed by atoms with Crippen molar-refractivity contribution in [3.8, 4) is 22.5 Å². The zero-order chi connectivity index (χ0) is 32.7. The SMILES string of the molecule is CCc1c(-c2cccnc2[C@H](C)OC)n2c3cc(c(F)cc13)-c1csc(n1)CC(=N)C(=O)N1CCC[C@H](N1)C(=O)OCC(C)(C)C2. The van der Waals surface area contributed by atoms with Crippen LogP contribution in [0.3, 0.4) is 0 Å². The van der Waals surface area contributed by atoms with Crippen LogP contribution in [-0.2, 0) is 38.4 Å². The van der Waals surface area contributed by atoms with Crippen molar-refractivity contribution < 1.29 is 23.5 Å². The number of benzene rings is 1. The standard InChI is InChI=1S/C34H39FN6O4S/c1-6-20-22-13-24(35)23-14-28(22)40(31(20)21-9-7-11-37-30(21)19(2)44-5)17-34(3,4)18-45-33(43)26-10-8-12-41(39-26)32(42)25(36)15-29-38-27(23)16-46-29/h7,9,11,13-14,16,19,26,36,39H,6,8,10,12,15,17-18H2,1-5H3/t19-,26-/m0/s1. The second kappa shape index (κ2) is 12.7. The fraction of sp³-hybridized carbons (Fsp3) is 0.441. The van der Waals surface area contributed by atoms with Gasteiger partial charge in [0.2, 0.25) is 0 Å². The lowest BCUT2D eigenvalue weighted by Gasteiger charge is -2.33. The molecular weight excluding hydrogens is 607 g/mol. The molecule has 2 N–H and O–H groups in total. The minimum Gasteiger partial charge on any atom is -0.464 e. The molecule has 1 aromatic carbocycles. The Bertz CT molecular complexity index is 1830. The summed E-state index contributed by atoms with van der Waals surface area (Å²) in [5.74, 6) is -1.36. The predicted octanol–water partition coefficient (Wildman–Crippen LogP) is 5.88. The van der Waals surface area contributed by atoms with Gasteiger partial charge in [0.25, 0.3) is 5.91 Å². The van der Waals surface area contributed by atoms with Crippen molar-refractivity contribution in [3.05, 3.63) is 57.9 Å². The third-order valence-electron chi connectivity index (χ3n) is 8.76. The highest BCUT2D eigenvalue weighted by molar-refractivity contribution is 7.10. The minimum atomic E-state index is -0.694. The van der Waals surface area contributed by atoms with Crippen molar-refractivity contribution in [2.45, 2.75) is 72.1 Å². The van der Waals surface area contributed by atoms with Gasteiger partial charge >= 0.3 is 5.97 Å². The summed E-state index contributed by atoms with van der Waals surface area (Å²) in [4.78, 5) is 35.8. The zero-order valence-corrected chi connectivity index (χ0v) is 27.6. The quantitative estimate of drug-likeness (QED) is 0.266. The van der Waals surface area contributed by atoms with Gasteiger partial charge in [-0.05, 0) is 56.0 Å². The van der Waals surface area contributed by atoms with Gasteiger partial charge in [-0.3, -0.25) is 25.0 Å². The van der Waals surface area contributed by atoms with Crippen LogP contribution >= 0.6 is 11.3 Å². The summed E-state index contributed by atoms with van der Waals surface area (Å²) in [7, 11) is 1.65. The van der Waals surface area contributed by atoms with Gasteiger partial charge in [-0.1, -0.05) is 20.8 Å². The van der Waals surface area contributed by atoms with Gasteiger partial charge in [-0.25, -0.2) is 14.8 Å². The second-order valence-corrected chi connectivity index (χ2v) is 13.7. The number of pyridine rings is 1. The van der Waals surface area contributed by atoms with E-state index in [9.17, 15) is 9.59 Å². The van der Waals surface area contributed by atoms with Crippen LogP contribution in [0.5, 0.6) is 0 Å². The number of carbonyl (C=O) groups excluding carboxylic acids is 2. The Balaban J connectivity index is 1.56. The first-order valence-electron chi connectivity index (χ1n) is 15.6. The summed E-state index contributed by atoms with van der Waals surface area (Å²) >= 11 is 1.29. The molecular formula is C34H39FN6O4S. The number of carbonyl (C=O) groups is 2. The Morgan fingerprint density at radius 1 is 1.28 bits per heavy atom. The predicted molar refractivity (Wildman–Crippen MR) is 175 cm³/mol. The molecule has 46 heavy (non-hydrogen) atoms. The fourth-order valence-corrected chi connectivity index (χ4v) is 7.17. The molecule has 1 saturated heterocycles. The van der Waals surface area contributed by atoms with E-state index in [1.165, 1.54) is 16.3 Å². The first-order chi connectivity index (χ1) is 22.0. The molecule has 0 saturated carbocycles. The lowest BCUT2D eigenvalue weighted by atomic mass is 9.93. The van der Waals surface area contributed by atoms with E-state index >= 15 is 4.39 Å². The Labute approximate surface area is 271 Å². The van der Waals surface area contributed by atoms with Crippen LogP contribution in [0.2, 0.25) is 0 Å². The average molecular weight is 647 g/mol. The topological polar surface area (TPSA) is 122 Å². The van der Waals surface area contributed by atoms with E-state index in [0.717, 1.165) is 33.4 Å². The van der Waals surface area contributed by atoms with E-state index in [2.05, 4.69) is 21.9 Å². The van der Waals surface area contributed by atoms with E-state index in [4.69, 9.17) is 19.9 Å². The Hall–Kier alpha value is -4.00. The lowest BCUT2D eigenvalue weighted by molar-refractivity contribution is -0.153. The smallest absolute Gasteiger partial charge is 0.324 e. The molecule has 2 aliphatic heterocycles. The molecule has 0 spiro atoms. The molecule has 1 fully saturated rings. The van der Waals surface area contributed by atoms with Gasteiger partial charge in [0.05, 0.1) is 34.8 Å². The lowest BCUT2D eigenvalue weighted by Crippen LogP contribution is -2.57. The maximum Gasteiger partial charge on any atom is 0.324 e. The largest absolute Gasteiger partial charge is 0.464 e. The number of hydrogen-bond donors (Lipinski definition) is 2. The molecule has 12 heteroatoms. The van der Waals surface area contributed by atoms with Crippen LogP contribution in [-0.4, -0.2) is 63.4 Å². The van der Waals surface area contributed by atoms with Gasteiger partial charge in [-0.2, -0.15) is 0 Å². The molecule has 5 heterocycles. The number of cyclic esters (lactones) is 1. The van der Waals surface area contributed by atoms with Gasteiger partial charge in [0, 0.05) is 65.6 Å². The molecule has 4 aromatic rings. The van der Waals surface area contributed by atoms with Crippen LogP contribution in [0, 0.1) is 16.6 Å². The summed E-state index contributed by atoms with van der Waals surface area (Å²) in [6.07, 6.45) is 3.22. The second-order valence-electron chi connectivity index (χ2n) is 12.8. The van der Waals surface area contributed by atoms with Crippen molar-refractivity contribution in [1.29, 1.82) is 5.41 Å². The molecule has 6 rings (SSSR count). The van der Waals surface area contributed by atoms with Crippen molar-refractivity contribution in [2.24, 2.45) is 5.41 Å². The maximum atomic E-state index is 16.0. The molecule has 0 aliphatic carbocycles. The van der Waals surface area contributed by atoms with E-state index < -0.39 is 29.2 Å². The number of nitrogens with zero attached hydrogens (tertiary/aromatic N) is 4. The number of halogens is 1. The number of fused-ring (bicyclic) bond motifs is 6. The Morgan fingerprint density at radius 2 is 2.09 bits per heavy atom. The van der Waals surface area contributed by atoms with Gasteiger partial charge < -0.3 is 14.0 Å². The summed E-state index contributed by atoms with van der Waals surface area (Å²) in [5.41, 5.74) is 7.46. The number of rotatable bonds is 4. The number of aromatic nitrogens is 3. The van der Waals surface area contributed by atoms with E-state index in [-0.39, 0.29) is 24.8 Å². The Kier molecular flexibility index (Phi) is 8.79. The molecule has 2 aliphatic rings. The van der Waals surface area contributed by atoms with Crippen molar-refractivity contribution in [2.75, 3.05) is 20.3 Å². The summed E-state index contributed by atoms with van der Waals surface area (Å²) in [5, 5.41) is 12.9. The summed E-state index contributed by atoms with van der Waals surface area (Å²) in [6, 6.07) is 6.64. The van der Waals surface area contributed by atoms with Gasteiger partial charge in [0.1, 0.15) is 17.6 Å². The first kappa shape index (κ1) is 32.0. The molecule has 10 nitrogen and oxygen atoms in total. The first-order valence-corrected chi connectivity index (χ1v) is 16.5. The summed E-state index contributed by atoms with van der Waals surface area (Å²) in [6.45, 7) is 9.02. The van der Waals surface area contributed by atoms with Crippen LogP contribution in [0.15, 0.2) is 35.8 Å². The van der Waals surface area contributed by atoms with Crippen molar-refractivity contribution in [3.63, 3.8) is 0 Å². The fourth-order valence-electron chi connectivity index (χ4n) is 6.37. The Morgan fingerprint density at radius 3 is 2.85 bits per heavy atom. The molecule has 1 amide bonds. The molecule has 242 valence electrons. The van der Waals surface area contributed by atoms with Crippen LogP contribution < -0.4 is 5.43 Å². The number of aryl methyl sites for hydroxylation is 1. The van der Waals surface area contributed by atoms with E-state index in [1.54, 1.807) is 24.8 Å². The van der Waals surface area contributed by atoms with Crippen molar-refractivity contribution in [1.82, 2.24) is 25.0 Å². The van der Waals surface area contributed by atoms with Crippen LogP contribution in [0.4, 0.5) is 4.39 Å². The van der Waals surface area contributed by atoms with Crippen LogP contribution in [0.1, 0.15) is 62.9 Å². The number of hydrogen-bond acceptors (Lipinski definition) is 9. The normalized spacial score (nSPS) is 19.7. The zero-order valence-electron chi connectivity index (χ0n) is 26.8. The van der Waals surface area contributed by atoms with E-state index in [1.807, 2.05) is 39.0 Å². The highest BCUT2D eigenvalue weighted by Crippen LogP contribution is 2.41. The minimum absolute atomic E-state index is 0.00315. The number of hydrazine groups is 1. The molecule has 0 radical (unpaired) electrons. The summed E-state index contributed by atoms with van der Waals surface area (Å²) < 4.78 is 29.8. The molecule has 2 atom stereocenters. The number of ether oxygens (including phenoxy) is 2. The molecule has 0 unspecified atom stereocenters. The van der Waals surface area contributed by atoms with Crippen molar-refractivity contribution >= 4 is 39.8 Å². The number of esters is 1. The third-order valence-corrected chi connectivity index (χ3v) is 9.61. The van der Waals surface area contributed by atoms with Crippen LogP contribution in [0.25, 0.3) is 33.4 Å². The highest BCUT2D eigenvalue weighted by atomic mass is 32.1. The van der Waals surface area contributed by atoms with Gasteiger partial charge in [0.15, 0.2) is 0 Å². The third kappa shape index (κ3) is 5.96. The average Bonchev–Trinajstić information content (AvgIpc) is 3.63. The molecule has 6 bridgehead atoms. The molecule has 3 aromatic heterocycles. The van der Waals surface area contributed by atoms with E-state index in [0.29, 0.717) is 48.6 Å².